The number of fused-ring (bicyclic) bond motifs is 1. The van der Waals surface area contributed by atoms with E-state index in [9.17, 15) is 4.21 Å². The van der Waals surface area contributed by atoms with E-state index in [4.69, 9.17) is 5.26 Å². The molecule has 0 aliphatic heterocycles. The maximum absolute atomic E-state index is 12.0. The van der Waals surface area contributed by atoms with Gasteiger partial charge in [0.2, 0.25) is 0 Å². The number of benzene rings is 1. The van der Waals surface area contributed by atoms with Crippen LogP contribution >= 0.6 is 0 Å². The van der Waals surface area contributed by atoms with Crippen molar-refractivity contribution in [1.29, 1.82) is 5.26 Å². The van der Waals surface area contributed by atoms with Crippen LogP contribution < -0.4 is 0 Å². The highest BCUT2D eigenvalue weighted by Gasteiger charge is 2.14. The molecule has 2 unspecified atom stereocenters. The van der Waals surface area contributed by atoms with Gasteiger partial charge in [0.1, 0.15) is 0 Å². The molecule has 1 aliphatic rings. The number of nitriles is 1. The van der Waals surface area contributed by atoms with Crippen LogP contribution in [0.2, 0.25) is 0 Å². The Morgan fingerprint density at radius 3 is 2.94 bits per heavy atom. The van der Waals surface area contributed by atoms with Crippen LogP contribution in [0.1, 0.15) is 24.5 Å². The lowest BCUT2D eigenvalue weighted by molar-refractivity contribution is 0.676. The van der Waals surface area contributed by atoms with E-state index >= 15 is 0 Å². The van der Waals surface area contributed by atoms with Crippen LogP contribution in [0.25, 0.3) is 0 Å². The summed E-state index contributed by atoms with van der Waals surface area (Å²) in [6.45, 7) is 1.81. The van der Waals surface area contributed by atoms with E-state index in [1.54, 1.807) is 0 Å². The molecule has 0 saturated heterocycles. The lowest BCUT2D eigenvalue weighted by atomic mass is 10.1. The largest absolute Gasteiger partial charge is 0.254 e. The Morgan fingerprint density at radius 1 is 1.44 bits per heavy atom. The van der Waals surface area contributed by atoms with Gasteiger partial charge in [-0.05, 0) is 49.4 Å². The number of rotatable bonds is 3. The SMILES string of the molecule is CC(C#N)CS(=O)c1ccc2c(c1)CCC2. The van der Waals surface area contributed by atoms with Gasteiger partial charge < -0.3 is 0 Å². The fourth-order valence-electron chi connectivity index (χ4n) is 2.05. The molecule has 0 radical (unpaired) electrons. The van der Waals surface area contributed by atoms with Crippen molar-refractivity contribution >= 4 is 10.8 Å². The summed E-state index contributed by atoms with van der Waals surface area (Å²) < 4.78 is 12.0. The molecule has 1 aliphatic carbocycles. The van der Waals surface area contributed by atoms with Gasteiger partial charge in [-0.15, -0.1) is 0 Å². The van der Waals surface area contributed by atoms with Crippen molar-refractivity contribution in [2.24, 2.45) is 5.92 Å². The van der Waals surface area contributed by atoms with Crippen LogP contribution in [0.3, 0.4) is 0 Å². The highest BCUT2D eigenvalue weighted by atomic mass is 32.2. The van der Waals surface area contributed by atoms with Crippen LogP contribution in [-0.2, 0) is 23.6 Å². The molecule has 0 saturated carbocycles. The molecule has 2 rings (SSSR count). The summed E-state index contributed by atoms with van der Waals surface area (Å²) in [7, 11) is -1.03. The molecule has 0 N–H and O–H groups in total. The number of nitrogens with zero attached hydrogens (tertiary/aromatic N) is 1. The summed E-state index contributed by atoms with van der Waals surface area (Å²) in [6, 6.07) is 8.22. The lowest BCUT2D eigenvalue weighted by Crippen LogP contribution is -2.06. The van der Waals surface area contributed by atoms with Crippen molar-refractivity contribution in [3.63, 3.8) is 0 Å². The first kappa shape index (κ1) is 11.3. The van der Waals surface area contributed by atoms with Gasteiger partial charge >= 0.3 is 0 Å². The number of aryl methyl sites for hydroxylation is 2. The predicted octanol–water partition coefficient (Wildman–Crippen LogP) is 2.44. The first-order valence-corrected chi connectivity index (χ1v) is 6.92. The van der Waals surface area contributed by atoms with Crippen molar-refractivity contribution in [2.45, 2.75) is 31.1 Å². The quantitative estimate of drug-likeness (QED) is 0.804. The van der Waals surface area contributed by atoms with Crippen molar-refractivity contribution < 1.29 is 4.21 Å². The molecular formula is C13H15NOS. The van der Waals surface area contributed by atoms with Gasteiger partial charge in [-0.1, -0.05) is 6.07 Å². The Hall–Kier alpha value is -1.14. The Labute approximate surface area is 98.7 Å². The molecule has 0 bridgehead atoms. The third kappa shape index (κ3) is 2.33. The van der Waals surface area contributed by atoms with Gasteiger partial charge in [0.05, 0.1) is 22.8 Å². The second kappa shape index (κ2) is 4.80. The minimum Gasteiger partial charge on any atom is -0.254 e. The van der Waals surface area contributed by atoms with Gasteiger partial charge in [-0.3, -0.25) is 4.21 Å². The zero-order chi connectivity index (χ0) is 11.5. The molecule has 1 aromatic rings. The van der Waals surface area contributed by atoms with E-state index < -0.39 is 10.8 Å². The molecule has 16 heavy (non-hydrogen) atoms. The van der Waals surface area contributed by atoms with Crippen molar-refractivity contribution in [1.82, 2.24) is 0 Å². The number of hydrogen-bond donors (Lipinski definition) is 0. The van der Waals surface area contributed by atoms with Gasteiger partial charge in [0, 0.05) is 10.6 Å². The first-order chi connectivity index (χ1) is 7.70. The molecule has 2 atom stereocenters. The molecule has 2 nitrogen and oxygen atoms in total. The first-order valence-electron chi connectivity index (χ1n) is 5.60. The zero-order valence-electron chi connectivity index (χ0n) is 9.40. The van der Waals surface area contributed by atoms with E-state index in [0.717, 1.165) is 17.7 Å². The summed E-state index contributed by atoms with van der Waals surface area (Å²) in [5.74, 6) is 0.295. The Balaban J connectivity index is 2.16. The van der Waals surface area contributed by atoms with Gasteiger partial charge in [0.15, 0.2) is 0 Å². The predicted molar refractivity (Wildman–Crippen MR) is 64.5 cm³/mol. The van der Waals surface area contributed by atoms with Crippen molar-refractivity contribution in [2.75, 3.05) is 5.75 Å². The Bertz CT molecular complexity index is 461. The zero-order valence-corrected chi connectivity index (χ0v) is 10.2. The van der Waals surface area contributed by atoms with Crippen LogP contribution in [0.5, 0.6) is 0 Å². The normalized spacial score (nSPS) is 17.5. The Morgan fingerprint density at radius 2 is 2.19 bits per heavy atom. The standard InChI is InChI=1S/C13H15NOS/c1-10(8-14)9-16(15)13-6-5-11-3-2-4-12(11)7-13/h5-7,10H,2-4,9H2,1H3. The third-order valence-corrected chi connectivity index (χ3v) is 4.54. The van der Waals surface area contributed by atoms with Crippen LogP contribution in [0.4, 0.5) is 0 Å². The van der Waals surface area contributed by atoms with Crippen LogP contribution in [-0.4, -0.2) is 9.96 Å². The minimum absolute atomic E-state index is 0.144. The summed E-state index contributed by atoms with van der Waals surface area (Å²) in [5, 5.41) is 8.70. The fraction of sp³-hybridized carbons (Fsp3) is 0.462. The Kier molecular flexibility index (Phi) is 3.40. The average Bonchev–Trinajstić information content (AvgIpc) is 2.75. The van der Waals surface area contributed by atoms with Crippen LogP contribution in [0.15, 0.2) is 23.1 Å². The molecule has 0 fully saturated rings. The molecule has 1 aromatic carbocycles. The van der Waals surface area contributed by atoms with E-state index in [1.807, 2.05) is 13.0 Å². The summed E-state index contributed by atoms with van der Waals surface area (Å²) in [4.78, 5) is 0.878. The summed E-state index contributed by atoms with van der Waals surface area (Å²) >= 11 is 0. The molecule has 84 valence electrons. The summed E-state index contributed by atoms with van der Waals surface area (Å²) in [5.41, 5.74) is 2.74. The minimum atomic E-state index is -1.03. The molecular weight excluding hydrogens is 218 g/mol. The molecule has 0 spiro atoms. The highest BCUT2D eigenvalue weighted by molar-refractivity contribution is 7.85. The second-order valence-electron chi connectivity index (χ2n) is 4.33. The maximum atomic E-state index is 12.0. The molecule has 0 aromatic heterocycles. The summed E-state index contributed by atoms with van der Waals surface area (Å²) in [6.07, 6.45) is 3.46. The topological polar surface area (TPSA) is 40.9 Å². The number of hydrogen-bond acceptors (Lipinski definition) is 2. The molecule has 0 amide bonds. The molecule has 0 heterocycles. The third-order valence-electron chi connectivity index (χ3n) is 2.95. The fourth-order valence-corrected chi connectivity index (χ4v) is 3.27. The van der Waals surface area contributed by atoms with E-state index in [-0.39, 0.29) is 5.92 Å². The van der Waals surface area contributed by atoms with Crippen molar-refractivity contribution in [3.8, 4) is 6.07 Å². The smallest absolute Gasteiger partial charge is 0.0662 e. The van der Waals surface area contributed by atoms with E-state index in [1.165, 1.54) is 17.5 Å². The van der Waals surface area contributed by atoms with E-state index in [2.05, 4.69) is 18.2 Å². The van der Waals surface area contributed by atoms with Crippen molar-refractivity contribution in [3.05, 3.63) is 29.3 Å². The monoisotopic (exact) mass is 233 g/mol. The average molecular weight is 233 g/mol. The van der Waals surface area contributed by atoms with Gasteiger partial charge in [-0.25, -0.2) is 0 Å². The lowest BCUT2D eigenvalue weighted by Gasteiger charge is -2.06. The van der Waals surface area contributed by atoms with E-state index in [0.29, 0.717) is 5.75 Å². The maximum Gasteiger partial charge on any atom is 0.0662 e. The molecule has 3 heteroatoms. The van der Waals surface area contributed by atoms with Crippen LogP contribution in [0, 0.1) is 17.2 Å². The van der Waals surface area contributed by atoms with Gasteiger partial charge in [-0.2, -0.15) is 5.26 Å². The highest BCUT2D eigenvalue weighted by Crippen LogP contribution is 2.24. The van der Waals surface area contributed by atoms with Gasteiger partial charge in [0.25, 0.3) is 0 Å². The second-order valence-corrected chi connectivity index (χ2v) is 5.82.